The van der Waals surface area contributed by atoms with Crippen molar-refractivity contribution < 1.29 is 18.7 Å². The van der Waals surface area contributed by atoms with E-state index < -0.39 is 17.4 Å². The van der Waals surface area contributed by atoms with E-state index in [2.05, 4.69) is 4.74 Å². The third kappa shape index (κ3) is 1.07. The molecule has 3 nitrogen and oxygen atoms in total. The van der Waals surface area contributed by atoms with Crippen LogP contribution in [0.4, 0.5) is 4.39 Å². The summed E-state index contributed by atoms with van der Waals surface area (Å²) in [5.74, 6) is -1.28. The standard InChI is InChI=1S/C12H9FO3/c13-8-1-2-9-7(5-8)3-4-12(9)6-10(14)16-11(12)15/h1-2,5H,3-4,6H2. The van der Waals surface area contributed by atoms with Crippen LogP contribution in [0.3, 0.4) is 0 Å². The molecular formula is C12H9FO3. The number of carbonyl (C=O) groups excluding carboxylic acids is 2. The number of cyclic esters (lactones) is 2. The van der Waals surface area contributed by atoms with Gasteiger partial charge in [-0.3, -0.25) is 9.59 Å². The lowest BCUT2D eigenvalue weighted by Gasteiger charge is -2.17. The zero-order valence-corrected chi connectivity index (χ0v) is 8.46. The van der Waals surface area contributed by atoms with E-state index in [1.807, 2.05) is 0 Å². The maximum Gasteiger partial charge on any atom is 0.324 e. The van der Waals surface area contributed by atoms with Gasteiger partial charge in [0.15, 0.2) is 0 Å². The van der Waals surface area contributed by atoms with Crippen LogP contribution in [0.2, 0.25) is 0 Å². The Morgan fingerprint density at radius 2 is 2.12 bits per heavy atom. The fourth-order valence-corrected chi connectivity index (χ4v) is 2.67. The van der Waals surface area contributed by atoms with E-state index in [9.17, 15) is 14.0 Å². The molecule has 0 saturated carbocycles. The Kier molecular flexibility index (Phi) is 1.73. The molecule has 1 fully saturated rings. The van der Waals surface area contributed by atoms with Crippen LogP contribution in [0.15, 0.2) is 18.2 Å². The Hall–Kier alpha value is -1.71. The predicted octanol–water partition coefficient (Wildman–Crippen LogP) is 1.48. The van der Waals surface area contributed by atoms with Gasteiger partial charge in [0.2, 0.25) is 0 Å². The summed E-state index contributed by atoms with van der Waals surface area (Å²) >= 11 is 0. The highest BCUT2D eigenvalue weighted by Gasteiger charge is 2.53. The van der Waals surface area contributed by atoms with Crippen molar-refractivity contribution in [2.24, 2.45) is 0 Å². The average molecular weight is 220 g/mol. The van der Waals surface area contributed by atoms with Crippen LogP contribution in [0, 0.1) is 5.82 Å². The maximum absolute atomic E-state index is 13.0. The third-order valence-electron chi connectivity index (χ3n) is 3.45. The molecule has 0 N–H and O–H groups in total. The van der Waals surface area contributed by atoms with Crippen molar-refractivity contribution in [1.29, 1.82) is 0 Å². The van der Waals surface area contributed by atoms with Gasteiger partial charge in [0.1, 0.15) is 11.2 Å². The number of hydrogen-bond donors (Lipinski definition) is 0. The summed E-state index contributed by atoms with van der Waals surface area (Å²) < 4.78 is 17.6. The number of halogens is 1. The van der Waals surface area contributed by atoms with Gasteiger partial charge in [-0.1, -0.05) is 6.07 Å². The van der Waals surface area contributed by atoms with Crippen molar-refractivity contribution in [2.75, 3.05) is 0 Å². The van der Waals surface area contributed by atoms with Crippen LogP contribution in [-0.2, 0) is 26.2 Å². The van der Waals surface area contributed by atoms with Crippen molar-refractivity contribution in [3.05, 3.63) is 35.1 Å². The van der Waals surface area contributed by atoms with E-state index in [0.29, 0.717) is 12.8 Å². The number of hydrogen-bond acceptors (Lipinski definition) is 3. The van der Waals surface area contributed by atoms with Gasteiger partial charge < -0.3 is 4.74 Å². The largest absolute Gasteiger partial charge is 0.392 e. The highest BCUT2D eigenvalue weighted by Crippen LogP contribution is 2.45. The molecule has 1 aliphatic heterocycles. The second-order valence-electron chi connectivity index (χ2n) is 4.32. The molecule has 0 bridgehead atoms. The van der Waals surface area contributed by atoms with Crippen LogP contribution in [-0.4, -0.2) is 11.9 Å². The number of carbonyl (C=O) groups is 2. The summed E-state index contributed by atoms with van der Waals surface area (Å²) in [4.78, 5) is 22.9. The highest BCUT2D eigenvalue weighted by molar-refractivity contribution is 6.02. The Balaban J connectivity index is 2.15. The molecule has 0 amide bonds. The molecule has 0 radical (unpaired) electrons. The van der Waals surface area contributed by atoms with E-state index >= 15 is 0 Å². The second-order valence-corrected chi connectivity index (χ2v) is 4.32. The molecule has 1 aliphatic carbocycles. The fraction of sp³-hybridized carbons (Fsp3) is 0.333. The van der Waals surface area contributed by atoms with Crippen LogP contribution >= 0.6 is 0 Å². The number of esters is 2. The molecule has 1 heterocycles. The van der Waals surface area contributed by atoms with E-state index in [1.54, 1.807) is 6.07 Å². The number of aryl methyl sites for hydroxylation is 1. The van der Waals surface area contributed by atoms with Crippen LogP contribution < -0.4 is 0 Å². The summed E-state index contributed by atoms with van der Waals surface area (Å²) in [6.07, 6.45) is 1.25. The minimum atomic E-state index is -0.833. The van der Waals surface area contributed by atoms with Crippen molar-refractivity contribution in [2.45, 2.75) is 24.7 Å². The van der Waals surface area contributed by atoms with Gasteiger partial charge >= 0.3 is 11.9 Å². The summed E-state index contributed by atoms with van der Waals surface area (Å²) in [5, 5.41) is 0. The molecule has 82 valence electrons. The molecule has 1 unspecified atom stereocenters. The SMILES string of the molecule is O=C1CC2(CCc3cc(F)ccc32)C(=O)O1. The number of ether oxygens (including phenoxy) is 1. The first-order chi connectivity index (χ1) is 7.62. The minimum absolute atomic E-state index is 0.0878. The van der Waals surface area contributed by atoms with Gasteiger partial charge in [0.05, 0.1) is 6.42 Å². The summed E-state index contributed by atoms with van der Waals surface area (Å²) in [5.41, 5.74) is 0.733. The molecule has 1 aromatic carbocycles. The number of benzene rings is 1. The van der Waals surface area contributed by atoms with Crippen molar-refractivity contribution >= 4 is 11.9 Å². The van der Waals surface area contributed by atoms with Crippen LogP contribution in [0.1, 0.15) is 24.0 Å². The maximum atomic E-state index is 13.0. The molecule has 1 aromatic rings. The summed E-state index contributed by atoms with van der Waals surface area (Å²) in [6.45, 7) is 0. The Morgan fingerprint density at radius 3 is 2.81 bits per heavy atom. The quantitative estimate of drug-likeness (QED) is 0.491. The molecular weight excluding hydrogens is 211 g/mol. The van der Waals surface area contributed by atoms with Gasteiger partial charge in [-0.15, -0.1) is 0 Å². The van der Waals surface area contributed by atoms with E-state index in [0.717, 1.165) is 11.1 Å². The second kappa shape index (κ2) is 2.90. The topological polar surface area (TPSA) is 43.4 Å². The first-order valence-electron chi connectivity index (χ1n) is 5.16. The third-order valence-corrected chi connectivity index (χ3v) is 3.45. The molecule has 2 aliphatic rings. The number of fused-ring (bicyclic) bond motifs is 2. The summed E-state index contributed by atoms with van der Waals surface area (Å²) in [7, 11) is 0. The lowest BCUT2D eigenvalue weighted by Crippen LogP contribution is -2.28. The lowest BCUT2D eigenvalue weighted by molar-refractivity contribution is -0.153. The normalized spacial score (nSPS) is 27.3. The van der Waals surface area contributed by atoms with Crippen LogP contribution in [0.25, 0.3) is 0 Å². The first kappa shape index (κ1) is 9.51. The molecule has 1 saturated heterocycles. The first-order valence-corrected chi connectivity index (χ1v) is 5.16. The van der Waals surface area contributed by atoms with Gasteiger partial charge in [0.25, 0.3) is 0 Å². The molecule has 3 rings (SSSR count). The molecule has 16 heavy (non-hydrogen) atoms. The minimum Gasteiger partial charge on any atom is -0.392 e. The predicted molar refractivity (Wildman–Crippen MR) is 52.1 cm³/mol. The monoisotopic (exact) mass is 220 g/mol. The Labute approximate surface area is 91.2 Å². The van der Waals surface area contributed by atoms with E-state index in [1.165, 1.54) is 12.1 Å². The van der Waals surface area contributed by atoms with Crippen LogP contribution in [0.5, 0.6) is 0 Å². The zero-order valence-electron chi connectivity index (χ0n) is 8.46. The lowest BCUT2D eigenvalue weighted by atomic mass is 9.80. The Morgan fingerprint density at radius 1 is 1.31 bits per heavy atom. The summed E-state index contributed by atoms with van der Waals surface area (Å²) in [6, 6.07) is 4.35. The number of rotatable bonds is 0. The van der Waals surface area contributed by atoms with E-state index in [4.69, 9.17) is 0 Å². The van der Waals surface area contributed by atoms with Gasteiger partial charge in [-0.2, -0.15) is 0 Å². The van der Waals surface area contributed by atoms with Gasteiger partial charge in [-0.25, -0.2) is 4.39 Å². The van der Waals surface area contributed by atoms with Crippen molar-refractivity contribution in [3.8, 4) is 0 Å². The van der Waals surface area contributed by atoms with Gasteiger partial charge in [-0.05, 0) is 36.1 Å². The highest BCUT2D eigenvalue weighted by atomic mass is 19.1. The zero-order chi connectivity index (χ0) is 11.3. The van der Waals surface area contributed by atoms with E-state index in [-0.39, 0.29) is 12.2 Å². The Bertz CT molecular complexity index is 509. The van der Waals surface area contributed by atoms with Gasteiger partial charge in [0, 0.05) is 0 Å². The smallest absolute Gasteiger partial charge is 0.324 e. The fourth-order valence-electron chi connectivity index (χ4n) is 2.67. The van der Waals surface area contributed by atoms with Crippen molar-refractivity contribution in [3.63, 3.8) is 0 Å². The molecule has 1 spiro atoms. The van der Waals surface area contributed by atoms with Crippen molar-refractivity contribution in [1.82, 2.24) is 0 Å². The molecule has 4 heteroatoms. The average Bonchev–Trinajstić information content (AvgIpc) is 2.70. The molecule has 0 aromatic heterocycles. The molecule has 1 atom stereocenters.